The van der Waals surface area contributed by atoms with Crippen LogP contribution in [0, 0.1) is 6.92 Å². The van der Waals surface area contributed by atoms with E-state index >= 15 is 0 Å². The van der Waals surface area contributed by atoms with Crippen molar-refractivity contribution in [2.24, 2.45) is 0 Å². The van der Waals surface area contributed by atoms with Crippen molar-refractivity contribution in [1.82, 2.24) is 9.97 Å². The van der Waals surface area contributed by atoms with E-state index < -0.39 is 0 Å². The van der Waals surface area contributed by atoms with Crippen molar-refractivity contribution in [3.05, 3.63) is 72.1 Å². The summed E-state index contributed by atoms with van der Waals surface area (Å²) in [6, 6.07) is 19.2. The number of hydrogen-bond donors (Lipinski definition) is 1. The molecule has 3 rings (SSSR count). The van der Waals surface area contributed by atoms with Crippen LogP contribution >= 0.6 is 0 Å². The van der Waals surface area contributed by atoms with Crippen LogP contribution in [-0.4, -0.2) is 29.1 Å². The van der Waals surface area contributed by atoms with Crippen molar-refractivity contribution in [3.8, 4) is 0 Å². The van der Waals surface area contributed by atoms with E-state index in [2.05, 4.69) is 27.1 Å². The number of carbonyl (C=O) groups is 1. The van der Waals surface area contributed by atoms with Crippen molar-refractivity contribution in [2.75, 3.05) is 23.4 Å². The molecule has 0 radical (unpaired) electrons. The summed E-state index contributed by atoms with van der Waals surface area (Å²) in [5.41, 5.74) is 2.17. The van der Waals surface area contributed by atoms with Gasteiger partial charge in [0, 0.05) is 18.3 Å². The summed E-state index contributed by atoms with van der Waals surface area (Å²) in [6.07, 6.45) is 0. The Morgan fingerprint density at radius 3 is 2.46 bits per heavy atom. The molecular formula is C22H24N4O2. The number of carbonyl (C=O) groups excluding carboxylic acids is 1. The van der Waals surface area contributed by atoms with Crippen molar-refractivity contribution >= 4 is 29.0 Å². The first-order valence-electron chi connectivity index (χ1n) is 9.33. The first kappa shape index (κ1) is 19.4. The second-order valence-electron chi connectivity index (χ2n) is 6.13. The van der Waals surface area contributed by atoms with E-state index in [1.54, 1.807) is 13.0 Å². The zero-order valence-electron chi connectivity index (χ0n) is 16.3. The van der Waals surface area contributed by atoms with E-state index in [9.17, 15) is 4.79 Å². The molecule has 0 saturated heterocycles. The summed E-state index contributed by atoms with van der Waals surface area (Å²) in [5.74, 6) is 1.69. The maximum absolute atomic E-state index is 12.2. The minimum Gasteiger partial charge on any atom is -0.462 e. The third-order valence-corrected chi connectivity index (χ3v) is 4.17. The molecular weight excluding hydrogens is 352 g/mol. The first-order chi connectivity index (χ1) is 13.6. The van der Waals surface area contributed by atoms with E-state index in [0.29, 0.717) is 29.5 Å². The third kappa shape index (κ3) is 4.46. The summed E-state index contributed by atoms with van der Waals surface area (Å²) >= 11 is 0. The number of aryl methyl sites for hydroxylation is 1. The Hall–Kier alpha value is -3.41. The number of nitrogens with zero attached hydrogens (tertiary/aromatic N) is 3. The minimum absolute atomic E-state index is 0.326. The van der Waals surface area contributed by atoms with Gasteiger partial charge in [0.2, 0.25) is 0 Å². The molecule has 1 N–H and O–H groups in total. The molecule has 1 heterocycles. The van der Waals surface area contributed by atoms with Crippen LogP contribution in [0.25, 0.3) is 0 Å². The monoisotopic (exact) mass is 376 g/mol. The lowest BCUT2D eigenvalue weighted by molar-refractivity contribution is 0.0527. The molecule has 0 bridgehead atoms. The van der Waals surface area contributed by atoms with Crippen LogP contribution in [0.2, 0.25) is 0 Å². The highest BCUT2D eigenvalue weighted by molar-refractivity contribution is 5.96. The van der Waals surface area contributed by atoms with Crippen LogP contribution in [-0.2, 0) is 4.74 Å². The van der Waals surface area contributed by atoms with Gasteiger partial charge in [-0.25, -0.2) is 14.8 Å². The zero-order chi connectivity index (χ0) is 19.9. The summed E-state index contributed by atoms with van der Waals surface area (Å²) in [7, 11) is 0. The highest BCUT2D eigenvalue weighted by Gasteiger charge is 2.15. The fourth-order valence-electron chi connectivity index (χ4n) is 2.96. The SMILES string of the molecule is CCOC(=O)c1ccccc1Nc1cc(N(CC)c2ccccc2)nc(C)n1. The Morgan fingerprint density at radius 1 is 1.04 bits per heavy atom. The van der Waals surface area contributed by atoms with Crippen LogP contribution in [0.4, 0.5) is 23.0 Å². The van der Waals surface area contributed by atoms with Crippen LogP contribution in [0.5, 0.6) is 0 Å². The normalized spacial score (nSPS) is 10.4. The summed E-state index contributed by atoms with van der Waals surface area (Å²) < 4.78 is 5.15. The van der Waals surface area contributed by atoms with Crippen LogP contribution in [0.3, 0.4) is 0 Å². The van der Waals surface area contributed by atoms with Crippen LogP contribution in [0.1, 0.15) is 30.0 Å². The lowest BCUT2D eigenvalue weighted by Gasteiger charge is -2.23. The van der Waals surface area contributed by atoms with Gasteiger partial charge in [0.05, 0.1) is 17.9 Å². The molecule has 28 heavy (non-hydrogen) atoms. The lowest BCUT2D eigenvalue weighted by atomic mass is 10.2. The van der Waals surface area contributed by atoms with E-state index in [-0.39, 0.29) is 5.97 Å². The summed E-state index contributed by atoms with van der Waals surface area (Å²) in [4.78, 5) is 23.4. The second-order valence-corrected chi connectivity index (χ2v) is 6.13. The number of benzene rings is 2. The van der Waals surface area contributed by atoms with Gasteiger partial charge in [0.25, 0.3) is 0 Å². The molecule has 144 valence electrons. The fraction of sp³-hybridized carbons (Fsp3) is 0.227. The van der Waals surface area contributed by atoms with Gasteiger partial charge < -0.3 is 15.0 Å². The molecule has 1 aromatic heterocycles. The average Bonchev–Trinajstić information content (AvgIpc) is 2.69. The number of nitrogens with one attached hydrogen (secondary N) is 1. The maximum atomic E-state index is 12.2. The lowest BCUT2D eigenvalue weighted by Crippen LogP contribution is -2.18. The Balaban J connectivity index is 1.94. The van der Waals surface area contributed by atoms with Gasteiger partial charge in [0.1, 0.15) is 17.5 Å². The van der Waals surface area contributed by atoms with Gasteiger partial charge in [0.15, 0.2) is 0 Å². The topological polar surface area (TPSA) is 67.3 Å². The van der Waals surface area contributed by atoms with E-state index in [1.807, 2.05) is 61.5 Å². The molecule has 0 saturated carbocycles. The molecule has 6 nitrogen and oxygen atoms in total. The molecule has 0 aliphatic heterocycles. The highest BCUT2D eigenvalue weighted by atomic mass is 16.5. The first-order valence-corrected chi connectivity index (χ1v) is 9.33. The van der Waals surface area contributed by atoms with Gasteiger partial charge in [-0.05, 0) is 45.0 Å². The second kappa shape index (κ2) is 8.99. The van der Waals surface area contributed by atoms with Gasteiger partial charge in [-0.1, -0.05) is 30.3 Å². The molecule has 0 spiro atoms. The van der Waals surface area contributed by atoms with Crippen molar-refractivity contribution in [1.29, 1.82) is 0 Å². The van der Waals surface area contributed by atoms with Crippen molar-refractivity contribution in [2.45, 2.75) is 20.8 Å². The third-order valence-electron chi connectivity index (χ3n) is 4.17. The van der Waals surface area contributed by atoms with E-state index in [1.165, 1.54) is 0 Å². The summed E-state index contributed by atoms with van der Waals surface area (Å²) in [6.45, 7) is 6.81. The molecule has 0 unspecified atom stereocenters. The minimum atomic E-state index is -0.365. The molecule has 2 aromatic carbocycles. The Kier molecular flexibility index (Phi) is 6.22. The molecule has 0 aliphatic carbocycles. The van der Waals surface area contributed by atoms with Gasteiger partial charge in [-0.3, -0.25) is 0 Å². The highest BCUT2D eigenvalue weighted by Crippen LogP contribution is 2.27. The van der Waals surface area contributed by atoms with E-state index in [4.69, 9.17) is 4.74 Å². The molecule has 0 atom stereocenters. The number of hydrogen-bond acceptors (Lipinski definition) is 6. The molecule has 6 heteroatoms. The number of aromatic nitrogens is 2. The smallest absolute Gasteiger partial charge is 0.340 e. The zero-order valence-corrected chi connectivity index (χ0v) is 16.3. The number of esters is 1. The van der Waals surface area contributed by atoms with Crippen LogP contribution in [0.15, 0.2) is 60.7 Å². The average molecular weight is 376 g/mol. The number of rotatable bonds is 7. The maximum Gasteiger partial charge on any atom is 0.340 e. The number of para-hydroxylation sites is 2. The van der Waals surface area contributed by atoms with Gasteiger partial charge in [-0.2, -0.15) is 0 Å². The molecule has 0 fully saturated rings. The number of ether oxygens (including phenoxy) is 1. The molecule has 3 aromatic rings. The Labute approximate surface area is 165 Å². The summed E-state index contributed by atoms with van der Waals surface area (Å²) in [5, 5.41) is 3.24. The van der Waals surface area contributed by atoms with E-state index in [0.717, 1.165) is 18.1 Å². The van der Waals surface area contributed by atoms with Gasteiger partial charge in [-0.15, -0.1) is 0 Å². The largest absolute Gasteiger partial charge is 0.462 e. The fourth-order valence-corrected chi connectivity index (χ4v) is 2.96. The predicted molar refractivity (Wildman–Crippen MR) is 112 cm³/mol. The van der Waals surface area contributed by atoms with Crippen LogP contribution < -0.4 is 10.2 Å². The standard InChI is InChI=1S/C22H24N4O2/c1-4-26(17-11-7-6-8-12-17)21-15-20(23-16(3)24-21)25-19-14-10-9-13-18(19)22(27)28-5-2/h6-15H,4-5H2,1-3H3,(H,23,24,25). The number of anilines is 4. The molecule has 0 aliphatic rings. The quantitative estimate of drug-likeness (QED) is 0.594. The Morgan fingerprint density at radius 2 is 1.75 bits per heavy atom. The van der Waals surface area contributed by atoms with Crippen molar-refractivity contribution < 1.29 is 9.53 Å². The Bertz CT molecular complexity index is 944. The van der Waals surface area contributed by atoms with Gasteiger partial charge >= 0.3 is 5.97 Å². The molecule has 0 amide bonds. The predicted octanol–water partition coefficient (Wildman–Crippen LogP) is 4.86. The van der Waals surface area contributed by atoms with Crippen molar-refractivity contribution in [3.63, 3.8) is 0 Å².